The number of hydrogen-bond donors (Lipinski definition) is 3. The molecule has 3 N–H and O–H groups in total. The molecule has 0 saturated heterocycles. The molecule has 0 spiro atoms. The first-order valence-corrected chi connectivity index (χ1v) is 6.42. The number of nitrogens with zero attached hydrogens (tertiary/aromatic N) is 1. The predicted octanol–water partition coefficient (Wildman–Crippen LogP) is 1.22. The monoisotopic (exact) mass is 260 g/mol. The average Bonchev–Trinajstić information content (AvgIpc) is 2.86. The highest BCUT2D eigenvalue weighted by Gasteiger charge is 2.24. The van der Waals surface area contributed by atoms with E-state index in [9.17, 15) is 4.79 Å². The Kier molecular flexibility index (Phi) is 3.85. The first-order chi connectivity index (χ1) is 9.03. The van der Waals surface area contributed by atoms with Crippen molar-refractivity contribution in [1.82, 2.24) is 20.6 Å². The Morgan fingerprint density at radius 1 is 1.42 bits per heavy atom. The molecule has 5 heteroatoms. The van der Waals surface area contributed by atoms with Gasteiger partial charge >= 0.3 is 0 Å². The van der Waals surface area contributed by atoms with E-state index in [4.69, 9.17) is 0 Å². The van der Waals surface area contributed by atoms with Crippen LogP contribution in [0.4, 0.5) is 0 Å². The number of hydrogen-bond acceptors (Lipinski definition) is 3. The molecule has 2 rings (SSSR count). The number of benzene rings is 1. The molecule has 1 amide bonds. The van der Waals surface area contributed by atoms with Crippen LogP contribution in [0.5, 0.6) is 0 Å². The molecule has 0 aliphatic rings. The molecule has 0 saturated carbocycles. The first-order valence-electron chi connectivity index (χ1n) is 6.42. The van der Waals surface area contributed by atoms with Gasteiger partial charge in [-0.2, -0.15) is 0 Å². The molecule has 5 nitrogen and oxygen atoms in total. The molecule has 1 aromatic heterocycles. The predicted molar refractivity (Wildman–Crippen MR) is 75.9 cm³/mol. The lowest BCUT2D eigenvalue weighted by molar-refractivity contribution is -0.126. The van der Waals surface area contributed by atoms with E-state index in [0.717, 1.165) is 17.5 Å². The van der Waals surface area contributed by atoms with Gasteiger partial charge in [0.25, 0.3) is 0 Å². The van der Waals surface area contributed by atoms with Gasteiger partial charge in [-0.05, 0) is 45.0 Å². The normalized spacial score (nSPS) is 11.7. The fourth-order valence-electron chi connectivity index (χ4n) is 1.79. The van der Waals surface area contributed by atoms with E-state index in [1.807, 2.05) is 26.0 Å². The van der Waals surface area contributed by atoms with Gasteiger partial charge in [0.2, 0.25) is 5.91 Å². The Bertz CT molecular complexity index is 574. The number of H-pyrrole nitrogens is 1. The summed E-state index contributed by atoms with van der Waals surface area (Å²) >= 11 is 0. The summed E-state index contributed by atoms with van der Waals surface area (Å²) in [5, 5.41) is 5.92. The third kappa shape index (κ3) is 3.12. The number of nitrogens with one attached hydrogen (secondary N) is 3. The van der Waals surface area contributed by atoms with Gasteiger partial charge in [0, 0.05) is 6.54 Å². The number of imidazole rings is 1. The molecule has 0 aliphatic heterocycles. The molecule has 0 radical (unpaired) electrons. The largest absolute Gasteiger partial charge is 0.354 e. The number of fused-ring (bicyclic) bond motifs is 1. The Hall–Kier alpha value is -1.88. The molecular weight excluding hydrogens is 240 g/mol. The van der Waals surface area contributed by atoms with Gasteiger partial charge in [-0.1, -0.05) is 6.07 Å². The molecule has 2 aromatic rings. The third-order valence-electron chi connectivity index (χ3n) is 3.38. The number of amides is 1. The number of likely N-dealkylation sites (N-methyl/N-ethyl adjacent to an activating group) is 1. The summed E-state index contributed by atoms with van der Waals surface area (Å²) in [5.41, 5.74) is 2.63. The van der Waals surface area contributed by atoms with Gasteiger partial charge in [0.15, 0.2) is 0 Å². The summed E-state index contributed by atoms with van der Waals surface area (Å²) in [5.74, 6) is 0.0117. The molecule has 0 bridgehead atoms. The van der Waals surface area contributed by atoms with Crippen molar-refractivity contribution >= 4 is 16.9 Å². The fraction of sp³-hybridized carbons (Fsp3) is 0.429. The van der Waals surface area contributed by atoms with Crippen molar-refractivity contribution in [1.29, 1.82) is 0 Å². The van der Waals surface area contributed by atoms with Crippen LogP contribution in [0.1, 0.15) is 19.4 Å². The van der Waals surface area contributed by atoms with E-state index < -0.39 is 5.54 Å². The lowest BCUT2D eigenvalue weighted by Gasteiger charge is -2.22. The highest BCUT2D eigenvalue weighted by molar-refractivity contribution is 5.85. The lowest BCUT2D eigenvalue weighted by atomic mass is 10.0. The van der Waals surface area contributed by atoms with Crippen LogP contribution < -0.4 is 10.6 Å². The van der Waals surface area contributed by atoms with Crippen LogP contribution in [0.25, 0.3) is 11.0 Å². The Labute approximate surface area is 112 Å². The van der Waals surface area contributed by atoms with Crippen molar-refractivity contribution in [3.05, 3.63) is 30.1 Å². The van der Waals surface area contributed by atoms with Crippen LogP contribution in [-0.2, 0) is 11.2 Å². The zero-order valence-electron chi connectivity index (χ0n) is 11.6. The fourth-order valence-corrected chi connectivity index (χ4v) is 1.79. The second-order valence-corrected chi connectivity index (χ2v) is 5.13. The van der Waals surface area contributed by atoms with Crippen molar-refractivity contribution in [2.75, 3.05) is 13.6 Å². The zero-order chi connectivity index (χ0) is 13.9. The van der Waals surface area contributed by atoms with Crippen molar-refractivity contribution in [2.24, 2.45) is 0 Å². The minimum absolute atomic E-state index is 0.0117. The second kappa shape index (κ2) is 5.40. The summed E-state index contributed by atoms with van der Waals surface area (Å²) in [6.45, 7) is 4.35. The standard InChI is InChI=1S/C14H20N4O/c1-14(2,15-3)13(19)16-7-6-10-4-5-11-12(8-10)18-9-17-11/h4-5,8-9,15H,6-7H2,1-3H3,(H,16,19)(H,17,18). The van der Waals surface area contributed by atoms with Crippen LogP contribution in [-0.4, -0.2) is 35.0 Å². The van der Waals surface area contributed by atoms with Crippen LogP contribution in [0.2, 0.25) is 0 Å². The summed E-state index contributed by atoms with van der Waals surface area (Å²) < 4.78 is 0. The van der Waals surface area contributed by atoms with Crippen LogP contribution in [0, 0.1) is 0 Å². The second-order valence-electron chi connectivity index (χ2n) is 5.13. The van der Waals surface area contributed by atoms with E-state index in [-0.39, 0.29) is 5.91 Å². The molecule has 0 unspecified atom stereocenters. The van der Waals surface area contributed by atoms with E-state index in [1.54, 1.807) is 13.4 Å². The van der Waals surface area contributed by atoms with Gasteiger partial charge in [0.05, 0.1) is 22.9 Å². The van der Waals surface area contributed by atoms with E-state index in [1.165, 1.54) is 5.56 Å². The quantitative estimate of drug-likeness (QED) is 0.757. The van der Waals surface area contributed by atoms with Crippen molar-refractivity contribution in [3.63, 3.8) is 0 Å². The highest BCUT2D eigenvalue weighted by atomic mass is 16.2. The topological polar surface area (TPSA) is 69.8 Å². The average molecular weight is 260 g/mol. The van der Waals surface area contributed by atoms with E-state index in [2.05, 4.69) is 26.7 Å². The van der Waals surface area contributed by atoms with Gasteiger partial charge in [-0.3, -0.25) is 4.79 Å². The molecule has 1 heterocycles. The van der Waals surface area contributed by atoms with E-state index >= 15 is 0 Å². The maximum atomic E-state index is 11.9. The molecule has 19 heavy (non-hydrogen) atoms. The van der Waals surface area contributed by atoms with Crippen LogP contribution >= 0.6 is 0 Å². The first kappa shape index (κ1) is 13.5. The maximum Gasteiger partial charge on any atom is 0.239 e. The minimum Gasteiger partial charge on any atom is -0.354 e. The van der Waals surface area contributed by atoms with Gasteiger partial charge < -0.3 is 15.6 Å². The number of aromatic nitrogens is 2. The molecular formula is C14H20N4O. The lowest BCUT2D eigenvalue weighted by Crippen LogP contribution is -2.51. The van der Waals surface area contributed by atoms with Gasteiger partial charge in [-0.25, -0.2) is 4.98 Å². The van der Waals surface area contributed by atoms with Gasteiger partial charge in [-0.15, -0.1) is 0 Å². The number of carbonyl (C=O) groups is 1. The Morgan fingerprint density at radius 2 is 2.21 bits per heavy atom. The molecule has 102 valence electrons. The van der Waals surface area contributed by atoms with E-state index in [0.29, 0.717) is 6.54 Å². The van der Waals surface area contributed by atoms with Crippen molar-refractivity contribution < 1.29 is 4.79 Å². The Balaban J connectivity index is 1.90. The van der Waals surface area contributed by atoms with Crippen molar-refractivity contribution in [2.45, 2.75) is 25.8 Å². The third-order valence-corrected chi connectivity index (χ3v) is 3.38. The minimum atomic E-state index is -0.534. The Morgan fingerprint density at radius 3 is 2.95 bits per heavy atom. The smallest absolute Gasteiger partial charge is 0.239 e. The summed E-state index contributed by atoms with van der Waals surface area (Å²) in [6, 6.07) is 6.09. The zero-order valence-corrected chi connectivity index (χ0v) is 11.6. The number of carbonyl (C=O) groups excluding carboxylic acids is 1. The summed E-state index contributed by atoms with van der Waals surface area (Å²) in [4.78, 5) is 19.1. The summed E-state index contributed by atoms with van der Waals surface area (Å²) in [7, 11) is 1.78. The van der Waals surface area contributed by atoms with Crippen LogP contribution in [0.15, 0.2) is 24.5 Å². The summed E-state index contributed by atoms with van der Waals surface area (Å²) in [6.07, 6.45) is 2.49. The number of aromatic amines is 1. The van der Waals surface area contributed by atoms with Crippen LogP contribution in [0.3, 0.4) is 0 Å². The molecule has 0 fully saturated rings. The van der Waals surface area contributed by atoms with Gasteiger partial charge in [0.1, 0.15) is 0 Å². The number of rotatable bonds is 5. The van der Waals surface area contributed by atoms with Crippen molar-refractivity contribution in [3.8, 4) is 0 Å². The highest BCUT2D eigenvalue weighted by Crippen LogP contribution is 2.11. The molecule has 0 atom stereocenters. The molecule has 1 aromatic carbocycles. The maximum absolute atomic E-state index is 11.9. The SMILES string of the molecule is CNC(C)(C)C(=O)NCCc1ccc2nc[nH]c2c1. The molecule has 0 aliphatic carbocycles.